The van der Waals surface area contributed by atoms with Crippen molar-refractivity contribution in [3.8, 4) is 0 Å². The normalized spacial score (nSPS) is 14.1. The lowest BCUT2D eigenvalue weighted by atomic mass is 9.96. The molecule has 0 aromatic heterocycles. The molecule has 0 N–H and O–H groups in total. The first-order valence-corrected chi connectivity index (χ1v) is 11.2. The average molecular weight is 327 g/mol. The van der Waals surface area contributed by atoms with E-state index in [4.69, 9.17) is 4.74 Å². The third-order valence-electron chi connectivity index (χ3n) is 5.06. The summed E-state index contributed by atoms with van der Waals surface area (Å²) in [5.74, 6) is -0.206. The molecule has 2 aromatic carbocycles. The van der Waals surface area contributed by atoms with Crippen LogP contribution in [0.15, 0.2) is 60.7 Å². The van der Waals surface area contributed by atoms with Crippen LogP contribution in [0.5, 0.6) is 0 Å². The van der Waals surface area contributed by atoms with Gasteiger partial charge in [0.15, 0.2) is 0 Å². The zero-order valence-electron chi connectivity index (χ0n) is 14.5. The highest BCUT2D eigenvalue weighted by molar-refractivity contribution is 6.91. The van der Waals surface area contributed by atoms with E-state index in [0.29, 0.717) is 0 Å². The van der Waals surface area contributed by atoms with E-state index in [1.54, 1.807) is 0 Å². The third kappa shape index (κ3) is 4.11. The van der Waals surface area contributed by atoms with Crippen LogP contribution in [0.2, 0.25) is 18.6 Å². The summed E-state index contributed by atoms with van der Waals surface area (Å²) in [7, 11) is -0.289. The largest absolute Gasteiger partial charge is 0.469 e. The van der Waals surface area contributed by atoms with Gasteiger partial charge in [-0.1, -0.05) is 85.9 Å². The van der Waals surface area contributed by atoms with Crippen LogP contribution in [0.25, 0.3) is 0 Å². The van der Waals surface area contributed by atoms with E-state index in [0.717, 1.165) is 6.42 Å². The van der Waals surface area contributed by atoms with Gasteiger partial charge in [-0.3, -0.25) is 4.79 Å². The van der Waals surface area contributed by atoms with Gasteiger partial charge >= 0.3 is 5.97 Å². The minimum atomic E-state index is -1.78. The SMILES string of the molecule is COC(=O)[C@H](Cc1ccccc1)C(C)[Si](C)(C)c1ccccc1. The molecule has 0 saturated heterocycles. The molecular weight excluding hydrogens is 300 g/mol. The number of rotatable bonds is 6. The standard InChI is InChI=1S/C20H26O2Si/c1-16(23(3,4)18-13-9-6-10-14-18)19(20(21)22-2)15-17-11-7-5-8-12-17/h5-14,16,19H,15H2,1-4H3/t16?,19-/m1/s1. The molecule has 0 radical (unpaired) electrons. The summed E-state index contributed by atoms with van der Waals surface area (Å²) >= 11 is 0. The highest BCUT2D eigenvalue weighted by Crippen LogP contribution is 2.33. The summed E-state index contributed by atoms with van der Waals surface area (Å²) < 4.78 is 5.12. The number of carbonyl (C=O) groups is 1. The van der Waals surface area contributed by atoms with Crippen molar-refractivity contribution in [2.24, 2.45) is 5.92 Å². The van der Waals surface area contributed by atoms with Gasteiger partial charge in [0.1, 0.15) is 0 Å². The lowest BCUT2D eigenvalue weighted by molar-refractivity contribution is -0.145. The van der Waals surface area contributed by atoms with Gasteiger partial charge in [-0.05, 0) is 17.5 Å². The van der Waals surface area contributed by atoms with Crippen LogP contribution in [0, 0.1) is 5.92 Å². The Kier molecular flexibility index (Phi) is 5.78. The zero-order valence-corrected chi connectivity index (χ0v) is 15.5. The minimum Gasteiger partial charge on any atom is -0.469 e. The molecule has 1 unspecified atom stereocenters. The summed E-state index contributed by atoms with van der Waals surface area (Å²) in [6, 6.07) is 20.8. The van der Waals surface area contributed by atoms with Crippen molar-refractivity contribution in [3.63, 3.8) is 0 Å². The number of ether oxygens (including phenoxy) is 1. The summed E-state index contributed by atoms with van der Waals surface area (Å²) in [6.45, 7) is 6.89. The summed E-state index contributed by atoms with van der Waals surface area (Å²) in [4.78, 5) is 12.4. The van der Waals surface area contributed by atoms with Crippen molar-refractivity contribution >= 4 is 19.2 Å². The fourth-order valence-corrected chi connectivity index (χ4v) is 5.95. The second-order valence-electron chi connectivity index (χ2n) is 6.70. The van der Waals surface area contributed by atoms with Crippen molar-refractivity contribution in [3.05, 3.63) is 66.2 Å². The fraction of sp³-hybridized carbons (Fsp3) is 0.350. The Bertz CT molecular complexity index is 623. The molecule has 0 bridgehead atoms. The Balaban J connectivity index is 2.29. The van der Waals surface area contributed by atoms with Crippen molar-refractivity contribution in [2.45, 2.75) is 32.0 Å². The number of hydrogen-bond acceptors (Lipinski definition) is 2. The second-order valence-corrected chi connectivity index (χ2v) is 11.6. The monoisotopic (exact) mass is 326 g/mol. The number of hydrogen-bond donors (Lipinski definition) is 0. The molecule has 23 heavy (non-hydrogen) atoms. The molecule has 3 heteroatoms. The van der Waals surface area contributed by atoms with E-state index in [-0.39, 0.29) is 17.4 Å². The first-order chi connectivity index (χ1) is 11.0. The van der Waals surface area contributed by atoms with Crippen LogP contribution in [-0.4, -0.2) is 21.2 Å². The van der Waals surface area contributed by atoms with Crippen LogP contribution in [0.3, 0.4) is 0 Å². The molecule has 0 fully saturated rings. The molecule has 0 aliphatic rings. The minimum absolute atomic E-state index is 0.0992. The Hall–Kier alpha value is -1.87. The van der Waals surface area contributed by atoms with Gasteiger partial charge in [0.25, 0.3) is 0 Å². The maximum atomic E-state index is 12.4. The lowest BCUT2D eigenvalue weighted by Gasteiger charge is -2.35. The van der Waals surface area contributed by atoms with Crippen LogP contribution in [0.4, 0.5) is 0 Å². The molecule has 2 aromatic rings. The Morgan fingerprint density at radius 3 is 2.04 bits per heavy atom. The predicted octanol–water partition coefficient (Wildman–Crippen LogP) is 4.02. The van der Waals surface area contributed by atoms with Crippen molar-refractivity contribution in [1.82, 2.24) is 0 Å². The predicted molar refractivity (Wildman–Crippen MR) is 98.6 cm³/mol. The van der Waals surface area contributed by atoms with Crippen LogP contribution >= 0.6 is 0 Å². The van der Waals surface area contributed by atoms with Crippen molar-refractivity contribution < 1.29 is 9.53 Å². The van der Waals surface area contributed by atoms with Gasteiger partial charge in [0.05, 0.1) is 21.1 Å². The van der Waals surface area contributed by atoms with E-state index in [1.807, 2.05) is 24.3 Å². The van der Waals surface area contributed by atoms with Gasteiger partial charge in [-0.2, -0.15) is 0 Å². The van der Waals surface area contributed by atoms with Crippen molar-refractivity contribution in [2.75, 3.05) is 7.11 Å². The average Bonchev–Trinajstić information content (AvgIpc) is 2.60. The van der Waals surface area contributed by atoms with Gasteiger partial charge < -0.3 is 4.74 Å². The quantitative estimate of drug-likeness (QED) is 0.592. The van der Waals surface area contributed by atoms with E-state index in [1.165, 1.54) is 17.9 Å². The zero-order chi connectivity index (χ0) is 16.9. The van der Waals surface area contributed by atoms with Crippen LogP contribution in [0.1, 0.15) is 12.5 Å². The second kappa shape index (κ2) is 7.60. The smallest absolute Gasteiger partial charge is 0.308 e. The molecule has 2 atom stereocenters. The molecule has 2 nitrogen and oxygen atoms in total. The molecule has 0 aliphatic carbocycles. The molecule has 0 spiro atoms. The molecule has 2 rings (SSSR count). The number of benzene rings is 2. The molecule has 0 heterocycles. The van der Waals surface area contributed by atoms with Crippen LogP contribution in [-0.2, 0) is 16.0 Å². The summed E-state index contributed by atoms with van der Waals surface area (Å²) in [6.07, 6.45) is 0.734. The Morgan fingerprint density at radius 2 is 1.52 bits per heavy atom. The Labute approximate surface area is 140 Å². The Morgan fingerprint density at radius 1 is 1.00 bits per heavy atom. The molecule has 0 amide bonds. The molecule has 0 aliphatic heterocycles. The maximum Gasteiger partial charge on any atom is 0.308 e. The number of esters is 1. The number of carbonyl (C=O) groups excluding carboxylic acids is 1. The van der Waals surface area contributed by atoms with E-state index >= 15 is 0 Å². The molecule has 122 valence electrons. The van der Waals surface area contributed by atoms with E-state index in [2.05, 4.69) is 56.4 Å². The third-order valence-corrected chi connectivity index (χ3v) is 9.56. The van der Waals surface area contributed by atoms with Gasteiger partial charge in [0.2, 0.25) is 0 Å². The first-order valence-electron chi connectivity index (χ1n) is 8.14. The first kappa shape index (κ1) is 17.5. The van der Waals surface area contributed by atoms with E-state index < -0.39 is 8.07 Å². The highest BCUT2D eigenvalue weighted by atomic mass is 28.3. The lowest BCUT2D eigenvalue weighted by Crippen LogP contribution is -2.49. The van der Waals surface area contributed by atoms with E-state index in [9.17, 15) is 4.79 Å². The fourth-order valence-electron chi connectivity index (χ4n) is 3.12. The number of methoxy groups -OCH3 is 1. The summed E-state index contributed by atoms with van der Waals surface area (Å²) in [5, 5.41) is 1.38. The molecular formula is C20H26O2Si. The summed E-state index contributed by atoms with van der Waals surface area (Å²) in [5.41, 5.74) is 1.48. The van der Waals surface area contributed by atoms with Gasteiger partial charge in [-0.15, -0.1) is 0 Å². The molecule has 0 saturated carbocycles. The topological polar surface area (TPSA) is 26.3 Å². The van der Waals surface area contributed by atoms with Gasteiger partial charge in [0, 0.05) is 0 Å². The highest BCUT2D eigenvalue weighted by Gasteiger charge is 2.39. The van der Waals surface area contributed by atoms with Crippen molar-refractivity contribution in [1.29, 1.82) is 0 Å². The maximum absolute atomic E-state index is 12.4. The van der Waals surface area contributed by atoms with Crippen LogP contribution < -0.4 is 5.19 Å². The van der Waals surface area contributed by atoms with Gasteiger partial charge in [-0.25, -0.2) is 0 Å².